The van der Waals surface area contributed by atoms with E-state index in [0.29, 0.717) is 31.3 Å². The lowest BCUT2D eigenvalue weighted by atomic mass is 10.1. The Labute approximate surface area is 193 Å². The van der Waals surface area contributed by atoms with Gasteiger partial charge in [0, 0.05) is 36.7 Å². The normalized spacial score (nSPS) is 15.9. The van der Waals surface area contributed by atoms with Crippen LogP contribution >= 0.6 is 0 Å². The third kappa shape index (κ3) is 5.64. The summed E-state index contributed by atoms with van der Waals surface area (Å²) in [5.74, 6) is 0.867. The minimum atomic E-state index is -3.32. The number of halogens is 1. The summed E-state index contributed by atoms with van der Waals surface area (Å²) in [5, 5.41) is 0. The molecule has 0 radical (unpaired) electrons. The maximum Gasteiger partial charge on any atom is 0.175 e. The van der Waals surface area contributed by atoms with E-state index >= 15 is 0 Å². The number of hydrogen-bond acceptors (Lipinski definition) is 6. The Morgan fingerprint density at radius 2 is 1.79 bits per heavy atom. The number of rotatable bonds is 8. The molecule has 0 aliphatic carbocycles. The lowest BCUT2D eigenvalue weighted by molar-refractivity contribution is 0.138. The molecule has 1 aliphatic heterocycles. The molecule has 174 valence electrons. The number of nitrogens with zero attached hydrogens (tertiary/aromatic N) is 1. The Bertz CT molecular complexity index is 1210. The monoisotopic (exact) mass is 471 g/mol. The molecule has 1 aliphatic rings. The zero-order valence-corrected chi connectivity index (χ0v) is 19.3. The molecular formula is C25H26FNO5S. The summed E-state index contributed by atoms with van der Waals surface area (Å²) in [4.78, 5) is 2.20. The summed E-state index contributed by atoms with van der Waals surface area (Å²) in [6.07, 6.45) is 1.92. The van der Waals surface area contributed by atoms with Crippen molar-refractivity contribution in [2.75, 3.05) is 31.5 Å². The van der Waals surface area contributed by atoms with Crippen molar-refractivity contribution in [2.45, 2.75) is 24.0 Å². The number of anilines is 2. The number of ether oxygens (including phenoxy) is 3. The highest BCUT2D eigenvalue weighted by molar-refractivity contribution is 7.90. The zero-order valence-electron chi connectivity index (χ0n) is 18.5. The van der Waals surface area contributed by atoms with E-state index in [1.54, 1.807) is 37.4 Å². The van der Waals surface area contributed by atoms with E-state index in [9.17, 15) is 12.8 Å². The van der Waals surface area contributed by atoms with Crippen molar-refractivity contribution in [3.05, 3.63) is 78.1 Å². The van der Waals surface area contributed by atoms with Crippen LogP contribution in [-0.2, 0) is 21.1 Å². The van der Waals surface area contributed by atoms with Gasteiger partial charge in [-0.2, -0.15) is 0 Å². The molecule has 3 aromatic carbocycles. The smallest absolute Gasteiger partial charge is 0.175 e. The number of methoxy groups -OCH3 is 1. The largest absolute Gasteiger partial charge is 0.493 e. The second-order valence-electron chi connectivity index (χ2n) is 7.92. The Morgan fingerprint density at radius 1 is 1.03 bits per heavy atom. The fraction of sp³-hybridized carbons (Fsp3) is 0.280. The van der Waals surface area contributed by atoms with E-state index in [0.717, 1.165) is 23.4 Å². The number of sulfone groups is 1. The predicted octanol–water partition coefficient (Wildman–Crippen LogP) is 4.74. The van der Waals surface area contributed by atoms with Crippen LogP contribution in [0.5, 0.6) is 11.5 Å². The lowest BCUT2D eigenvalue weighted by Gasteiger charge is -2.27. The van der Waals surface area contributed by atoms with Gasteiger partial charge in [0.15, 0.2) is 21.3 Å². The van der Waals surface area contributed by atoms with E-state index in [-0.39, 0.29) is 16.8 Å². The van der Waals surface area contributed by atoms with Crippen molar-refractivity contribution in [2.24, 2.45) is 0 Å². The van der Waals surface area contributed by atoms with Crippen molar-refractivity contribution in [3.63, 3.8) is 0 Å². The predicted molar refractivity (Wildman–Crippen MR) is 125 cm³/mol. The van der Waals surface area contributed by atoms with Gasteiger partial charge in [0.2, 0.25) is 0 Å². The molecule has 0 amide bonds. The molecule has 4 rings (SSSR count). The SMILES string of the molecule is COc1ccc(N(Cc2cccc(F)c2)c2ccc(S(C)(=O)=O)cc2)cc1OC1CCOC1. The zero-order chi connectivity index (χ0) is 23.4. The highest BCUT2D eigenvalue weighted by atomic mass is 32.2. The van der Waals surface area contributed by atoms with Crippen LogP contribution in [0.3, 0.4) is 0 Å². The van der Waals surface area contributed by atoms with Crippen LogP contribution in [0.1, 0.15) is 12.0 Å². The fourth-order valence-corrected chi connectivity index (χ4v) is 4.36. The highest BCUT2D eigenvalue weighted by Crippen LogP contribution is 2.37. The third-order valence-electron chi connectivity index (χ3n) is 5.45. The van der Waals surface area contributed by atoms with Crippen molar-refractivity contribution < 1.29 is 27.0 Å². The second kappa shape index (κ2) is 9.80. The first-order chi connectivity index (χ1) is 15.8. The minimum Gasteiger partial charge on any atom is -0.493 e. The number of hydrogen-bond donors (Lipinski definition) is 0. The molecule has 0 bridgehead atoms. The lowest BCUT2D eigenvalue weighted by Crippen LogP contribution is -2.19. The van der Waals surface area contributed by atoms with E-state index in [2.05, 4.69) is 0 Å². The van der Waals surface area contributed by atoms with Gasteiger partial charge in [-0.1, -0.05) is 12.1 Å². The average molecular weight is 472 g/mol. The van der Waals surface area contributed by atoms with Gasteiger partial charge in [-0.25, -0.2) is 12.8 Å². The van der Waals surface area contributed by atoms with Gasteiger partial charge in [0.05, 0.1) is 25.2 Å². The second-order valence-corrected chi connectivity index (χ2v) is 9.94. The van der Waals surface area contributed by atoms with Gasteiger partial charge in [-0.3, -0.25) is 0 Å². The summed E-state index contributed by atoms with van der Waals surface area (Å²) < 4.78 is 54.7. The fourth-order valence-electron chi connectivity index (χ4n) is 3.73. The van der Waals surface area contributed by atoms with E-state index < -0.39 is 9.84 Å². The molecule has 6 nitrogen and oxygen atoms in total. The van der Waals surface area contributed by atoms with Crippen LogP contribution in [-0.4, -0.2) is 41.1 Å². The first-order valence-electron chi connectivity index (χ1n) is 10.6. The van der Waals surface area contributed by atoms with Crippen molar-refractivity contribution in [1.29, 1.82) is 0 Å². The molecule has 0 saturated carbocycles. The Hall–Kier alpha value is -3.10. The van der Waals surface area contributed by atoms with Crippen molar-refractivity contribution in [1.82, 2.24) is 0 Å². The van der Waals surface area contributed by atoms with Gasteiger partial charge < -0.3 is 19.1 Å². The molecule has 0 N–H and O–H groups in total. The molecule has 1 fully saturated rings. The van der Waals surface area contributed by atoms with Gasteiger partial charge in [0.25, 0.3) is 0 Å². The molecule has 1 atom stereocenters. The molecule has 3 aromatic rings. The van der Waals surface area contributed by atoms with Crippen LogP contribution in [0.15, 0.2) is 71.6 Å². The quantitative estimate of drug-likeness (QED) is 0.473. The maximum atomic E-state index is 13.9. The molecule has 33 heavy (non-hydrogen) atoms. The molecule has 0 spiro atoms. The minimum absolute atomic E-state index is 0.0557. The average Bonchev–Trinajstić information content (AvgIpc) is 3.30. The van der Waals surface area contributed by atoms with Crippen molar-refractivity contribution in [3.8, 4) is 11.5 Å². The van der Waals surface area contributed by atoms with Crippen LogP contribution < -0.4 is 14.4 Å². The summed E-state index contributed by atoms with van der Waals surface area (Å²) in [6, 6.07) is 18.6. The van der Waals surface area contributed by atoms with Crippen LogP contribution in [0.25, 0.3) is 0 Å². The first-order valence-corrected chi connectivity index (χ1v) is 12.5. The van der Waals surface area contributed by atoms with E-state index in [1.165, 1.54) is 18.4 Å². The highest BCUT2D eigenvalue weighted by Gasteiger charge is 2.21. The maximum absolute atomic E-state index is 13.9. The molecule has 8 heteroatoms. The Balaban J connectivity index is 1.73. The topological polar surface area (TPSA) is 65.1 Å². The number of benzene rings is 3. The summed E-state index contributed by atoms with van der Waals surface area (Å²) in [6.45, 7) is 1.55. The molecule has 1 heterocycles. The standard InChI is InChI=1S/C25H26FNO5S/c1-30-24-11-8-21(15-25(24)32-22-12-13-31-17-22)27(16-18-4-3-5-19(26)14-18)20-6-9-23(10-7-20)33(2,28)29/h3-11,14-15,22H,12-13,16-17H2,1-2H3. The van der Waals surface area contributed by atoms with Gasteiger partial charge in [-0.05, 0) is 54.1 Å². The first kappa shape index (κ1) is 23.1. The molecule has 0 aromatic heterocycles. The molecular weight excluding hydrogens is 445 g/mol. The Kier molecular flexibility index (Phi) is 6.85. The van der Waals surface area contributed by atoms with Crippen molar-refractivity contribution >= 4 is 21.2 Å². The van der Waals surface area contributed by atoms with Gasteiger partial charge >= 0.3 is 0 Å². The van der Waals surface area contributed by atoms with E-state index in [4.69, 9.17) is 14.2 Å². The third-order valence-corrected chi connectivity index (χ3v) is 6.58. The molecule has 1 unspecified atom stereocenters. The Morgan fingerprint density at radius 3 is 2.42 bits per heavy atom. The van der Waals surface area contributed by atoms with Gasteiger partial charge in [-0.15, -0.1) is 0 Å². The summed E-state index contributed by atoms with van der Waals surface area (Å²) in [5.41, 5.74) is 2.32. The summed E-state index contributed by atoms with van der Waals surface area (Å²) in [7, 11) is -1.74. The van der Waals surface area contributed by atoms with E-state index in [1.807, 2.05) is 29.2 Å². The molecule has 1 saturated heterocycles. The van der Waals surface area contributed by atoms with Crippen LogP contribution in [0.2, 0.25) is 0 Å². The van der Waals surface area contributed by atoms with Crippen LogP contribution in [0.4, 0.5) is 15.8 Å². The van der Waals surface area contributed by atoms with Crippen LogP contribution in [0, 0.1) is 5.82 Å². The summed E-state index contributed by atoms with van der Waals surface area (Å²) >= 11 is 0. The van der Waals surface area contributed by atoms with Gasteiger partial charge in [0.1, 0.15) is 11.9 Å².